The Kier molecular flexibility index (Phi) is 7.27. The quantitative estimate of drug-likeness (QED) is 0.337. The maximum absolute atomic E-state index is 5.29. The van der Waals surface area contributed by atoms with Crippen LogP contribution in [0.3, 0.4) is 0 Å². The van der Waals surface area contributed by atoms with E-state index in [1.807, 2.05) is 7.05 Å². The average molecular weight is 565 g/mol. The standard InChI is InChI=1S/C19H29BrN6O.HI/c1-21-17(23-13-19(6-3-7-19)14-4-5-14)25-8-10-26(11-9-25)18-22-12-15(20)16(24-18)27-2;/h12,14H,3-11,13H2,1-2H3,(H,21,23);1H. The maximum atomic E-state index is 5.29. The highest BCUT2D eigenvalue weighted by Crippen LogP contribution is 2.56. The predicted molar refractivity (Wildman–Crippen MR) is 126 cm³/mol. The van der Waals surface area contributed by atoms with Crippen LogP contribution in [-0.4, -0.2) is 67.7 Å². The Hall–Kier alpha value is -0.840. The van der Waals surface area contributed by atoms with Crippen LogP contribution in [-0.2, 0) is 0 Å². The minimum atomic E-state index is 0. The molecule has 4 rings (SSSR count). The van der Waals surface area contributed by atoms with Gasteiger partial charge in [0.25, 0.3) is 0 Å². The molecule has 3 fully saturated rings. The van der Waals surface area contributed by atoms with Crippen molar-refractivity contribution in [3.05, 3.63) is 10.7 Å². The molecule has 156 valence electrons. The molecule has 1 aliphatic heterocycles. The Morgan fingerprint density at radius 1 is 1.32 bits per heavy atom. The number of methoxy groups -OCH3 is 1. The van der Waals surface area contributed by atoms with Gasteiger partial charge in [0.15, 0.2) is 5.96 Å². The zero-order valence-corrected chi connectivity index (χ0v) is 20.6. The van der Waals surface area contributed by atoms with Crippen LogP contribution in [0.15, 0.2) is 15.7 Å². The highest BCUT2D eigenvalue weighted by atomic mass is 127. The molecule has 0 aromatic carbocycles. The fraction of sp³-hybridized carbons (Fsp3) is 0.737. The third kappa shape index (κ3) is 4.49. The second-order valence-corrected chi connectivity index (χ2v) is 8.75. The van der Waals surface area contributed by atoms with E-state index >= 15 is 0 Å². The molecule has 1 aromatic rings. The molecular weight excluding hydrogens is 535 g/mol. The van der Waals surface area contributed by atoms with Gasteiger partial charge in [-0.15, -0.1) is 24.0 Å². The van der Waals surface area contributed by atoms with Gasteiger partial charge in [0.1, 0.15) is 0 Å². The third-order valence-electron chi connectivity index (χ3n) is 6.36. The molecular formula is C19H30BrIN6O. The molecule has 1 aromatic heterocycles. The van der Waals surface area contributed by atoms with Crippen molar-refractivity contribution in [2.45, 2.75) is 32.1 Å². The van der Waals surface area contributed by atoms with Crippen molar-refractivity contribution in [2.24, 2.45) is 16.3 Å². The second-order valence-electron chi connectivity index (χ2n) is 7.89. The van der Waals surface area contributed by atoms with Gasteiger partial charge in [-0.1, -0.05) is 6.42 Å². The highest BCUT2D eigenvalue weighted by Gasteiger charge is 2.48. The van der Waals surface area contributed by atoms with Crippen molar-refractivity contribution < 1.29 is 4.74 Å². The van der Waals surface area contributed by atoms with Crippen LogP contribution in [0.2, 0.25) is 0 Å². The molecule has 28 heavy (non-hydrogen) atoms. The zero-order chi connectivity index (χ0) is 18.9. The van der Waals surface area contributed by atoms with Gasteiger partial charge >= 0.3 is 0 Å². The average Bonchev–Trinajstić information content (AvgIpc) is 3.50. The summed E-state index contributed by atoms with van der Waals surface area (Å²) in [5.74, 6) is 3.29. The largest absolute Gasteiger partial charge is 0.480 e. The topological polar surface area (TPSA) is 65.9 Å². The Morgan fingerprint density at radius 2 is 2.04 bits per heavy atom. The van der Waals surface area contributed by atoms with Crippen LogP contribution in [0.4, 0.5) is 5.95 Å². The number of hydrogen-bond donors (Lipinski definition) is 1. The van der Waals surface area contributed by atoms with Crippen molar-refractivity contribution >= 4 is 51.8 Å². The van der Waals surface area contributed by atoms with E-state index in [4.69, 9.17) is 4.74 Å². The summed E-state index contributed by atoms with van der Waals surface area (Å²) >= 11 is 3.41. The van der Waals surface area contributed by atoms with E-state index in [0.29, 0.717) is 11.3 Å². The van der Waals surface area contributed by atoms with Gasteiger partial charge in [0, 0.05) is 39.8 Å². The number of nitrogens with zero attached hydrogens (tertiary/aromatic N) is 5. The number of hydrogen-bond acceptors (Lipinski definition) is 5. The second kappa shape index (κ2) is 9.32. The highest BCUT2D eigenvalue weighted by molar-refractivity contribution is 14.0. The number of anilines is 1. The number of aromatic nitrogens is 2. The fourth-order valence-corrected chi connectivity index (χ4v) is 4.75. The van der Waals surface area contributed by atoms with Gasteiger partial charge in [-0.25, -0.2) is 4.98 Å². The number of halogens is 2. The molecule has 2 aliphatic carbocycles. The first kappa shape index (κ1) is 21.9. The Balaban J connectivity index is 0.00000225. The van der Waals surface area contributed by atoms with Gasteiger partial charge in [0.05, 0.1) is 17.8 Å². The molecule has 0 bridgehead atoms. The first-order valence-electron chi connectivity index (χ1n) is 9.92. The lowest BCUT2D eigenvalue weighted by atomic mass is 9.65. The molecule has 0 radical (unpaired) electrons. The van der Waals surface area contributed by atoms with Crippen molar-refractivity contribution in [2.75, 3.05) is 51.8 Å². The van der Waals surface area contributed by atoms with Crippen molar-refractivity contribution in [3.8, 4) is 5.88 Å². The SMILES string of the molecule is CN=C(NCC1(C2CC2)CCC1)N1CCN(c2ncc(Br)c(OC)n2)CC1.I. The number of aliphatic imine (C=N–C) groups is 1. The van der Waals surface area contributed by atoms with Crippen LogP contribution in [0.25, 0.3) is 0 Å². The molecule has 3 aliphatic rings. The number of ether oxygens (including phenoxy) is 1. The Labute approximate surface area is 192 Å². The smallest absolute Gasteiger partial charge is 0.232 e. The summed E-state index contributed by atoms with van der Waals surface area (Å²) < 4.78 is 6.07. The molecule has 0 spiro atoms. The zero-order valence-electron chi connectivity index (χ0n) is 16.7. The summed E-state index contributed by atoms with van der Waals surface area (Å²) in [5.41, 5.74) is 0.555. The first-order valence-corrected chi connectivity index (χ1v) is 10.7. The summed E-state index contributed by atoms with van der Waals surface area (Å²) in [5, 5.41) is 3.68. The Bertz CT molecular complexity index is 702. The molecule has 0 atom stereocenters. The van der Waals surface area contributed by atoms with E-state index in [-0.39, 0.29) is 24.0 Å². The molecule has 1 N–H and O–H groups in total. The predicted octanol–water partition coefficient (Wildman–Crippen LogP) is 3.14. The Morgan fingerprint density at radius 3 is 2.57 bits per heavy atom. The van der Waals surface area contributed by atoms with Gasteiger partial charge in [-0.3, -0.25) is 4.99 Å². The van der Waals surface area contributed by atoms with Crippen LogP contribution in [0, 0.1) is 11.3 Å². The lowest BCUT2D eigenvalue weighted by Crippen LogP contribution is -2.55. The lowest BCUT2D eigenvalue weighted by molar-refractivity contribution is 0.104. The summed E-state index contributed by atoms with van der Waals surface area (Å²) in [6, 6.07) is 0. The van der Waals surface area contributed by atoms with Gasteiger partial charge < -0.3 is 19.9 Å². The van der Waals surface area contributed by atoms with Crippen molar-refractivity contribution in [1.82, 2.24) is 20.2 Å². The molecule has 2 heterocycles. The van der Waals surface area contributed by atoms with Gasteiger partial charge in [-0.2, -0.15) is 4.98 Å². The summed E-state index contributed by atoms with van der Waals surface area (Å²) in [6.45, 7) is 4.66. The normalized spacial score (nSPS) is 21.6. The minimum Gasteiger partial charge on any atom is -0.480 e. The first-order chi connectivity index (χ1) is 13.1. The molecule has 2 saturated carbocycles. The number of rotatable bonds is 5. The molecule has 9 heteroatoms. The summed E-state index contributed by atoms with van der Waals surface area (Å²) in [7, 11) is 3.52. The van der Waals surface area contributed by atoms with Crippen LogP contribution >= 0.6 is 39.9 Å². The number of piperazine rings is 1. The molecule has 0 unspecified atom stereocenters. The molecule has 0 amide bonds. The van der Waals surface area contributed by atoms with Crippen LogP contribution in [0.5, 0.6) is 5.88 Å². The van der Waals surface area contributed by atoms with Crippen molar-refractivity contribution in [3.63, 3.8) is 0 Å². The minimum absolute atomic E-state index is 0. The summed E-state index contributed by atoms with van der Waals surface area (Å²) in [6.07, 6.45) is 8.78. The van der Waals surface area contributed by atoms with E-state index < -0.39 is 0 Å². The number of guanidine groups is 1. The lowest BCUT2D eigenvalue weighted by Gasteiger charge is -2.44. The van der Waals surface area contributed by atoms with Crippen LogP contribution < -0.4 is 15.0 Å². The van der Waals surface area contributed by atoms with Gasteiger partial charge in [-0.05, 0) is 52.9 Å². The monoisotopic (exact) mass is 564 g/mol. The van der Waals surface area contributed by atoms with E-state index in [0.717, 1.165) is 55.0 Å². The van der Waals surface area contributed by atoms with Crippen molar-refractivity contribution in [1.29, 1.82) is 0 Å². The molecule has 7 nitrogen and oxygen atoms in total. The van der Waals surface area contributed by atoms with E-state index in [2.05, 4.69) is 46.0 Å². The van der Waals surface area contributed by atoms with E-state index in [1.54, 1.807) is 13.3 Å². The molecule has 1 saturated heterocycles. The summed E-state index contributed by atoms with van der Waals surface area (Å²) in [4.78, 5) is 18.0. The third-order valence-corrected chi connectivity index (χ3v) is 6.90. The van der Waals surface area contributed by atoms with Crippen LogP contribution in [0.1, 0.15) is 32.1 Å². The van der Waals surface area contributed by atoms with E-state index in [9.17, 15) is 0 Å². The number of nitrogens with one attached hydrogen (secondary N) is 1. The maximum Gasteiger partial charge on any atom is 0.232 e. The van der Waals surface area contributed by atoms with Gasteiger partial charge in [0.2, 0.25) is 11.8 Å². The van der Waals surface area contributed by atoms with E-state index in [1.165, 1.54) is 32.1 Å². The fourth-order valence-electron chi connectivity index (χ4n) is 4.40.